The number of halogens is 2. The molecule has 1 unspecified atom stereocenters. The van der Waals surface area contributed by atoms with Crippen molar-refractivity contribution < 1.29 is 13.6 Å². The van der Waals surface area contributed by atoms with E-state index in [0.29, 0.717) is 12.5 Å². The Bertz CT molecular complexity index is 421. The summed E-state index contributed by atoms with van der Waals surface area (Å²) in [6, 6.07) is 2.90. The molecule has 5 heteroatoms. The quantitative estimate of drug-likeness (QED) is 0.847. The fourth-order valence-electron chi connectivity index (χ4n) is 1.69. The van der Waals surface area contributed by atoms with Gasteiger partial charge in [-0.1, -0.05) is 13.8 Å². The molecule has 1 rings (SSSR count). The molecule has 3 nitrogen and oxygen atoms in total. The highest BCUT2D eigenvalue weighted by atomic mass is 19.2. The van der Waals surface area contributed by atoms with Crippen LogP contribution >= 0.6 is 0 Å². The first kappa shape index (κ1) is 14.6. The second-order valence-corrected chi connectivity index (χ2v) is 4.66. The molecular formula is C13H18F2N2O. The molecule has 1 aromatic rings. The monoisotopic (exact) mass is 256 g/mol. The van der Waals surface area contributed by atoms with Crippen LogP contribution < -0.4 is 11.1 Å². The van der Waals surface area contributed by atoms with Crippen LogP contribution in [-0.4, -0.2) is 18.5 Å². The lowest BCUT2D eigenvalue weighted by atomic mass is 10.0. The highest BCUT2D eigenvalue weighted by Crippen LogP contribution is 2.10. The molecule has 0 heterocycles. The van der Waals surface area contributed by atoms with E-state index in [1.807, 2.05) is 13.8 Å². The van der Waals surface area contributed by atoms with E-state index >= 15 is 0 Å². The van der Waals surface area contributed by atoms with E-state index in [0.717, 1.165) is 18.6 Å². The zero-order chi connectivity index (χ0) is 13.7. The van der Waals surface area contributed by atoms with Crippen molar-refractivity contribution in [2.24, 2.45) is 11.7 Å². The summed E-state index contributed by atoms with van der Waals surface area (Å²) in [5, 5.41) is 2.71. The van der Waals surface area contributed by atoms with Gasteiger partial charge in [0, 0.05) is 18.2 Å². The van der Waals surface area contributed by atoms with Crippen LogP contribution in [0.4, 0.5) is 8.78 Å². The lowest BCUT2D eigenvalue weighted by molar-refractivity contribution is 0.0933. The molecule has 0 aliphatic heterocycles. The maximum Gasteiger partial charge on any atom is 0.251 e. The highest BCUT2D eigenvalue weighted by molar-refractivity contribution is 5.94. The molecule has 0 aliphatic carbocycles. The molecule has 18 heavy (non-hydrogen) atoms. The minimum atomic E-state index is -1.03. The van der Waals surface area contributed by atoms with Gasteiger partial charge < -0.3 is 11.1 Å². The summed E-state index contributed by atoms with van der Waals surface area (Å²) in [5.41, 5.74) is 5.65. The molecule has 1 atom stereocenters. The Hall–Kier alpha value is -1.49. The molecule has 1 aromatic carbocycles. The number of benzene rings is 1. The average molecular weight is 256 g/mol. The number of nitrogens with one attached hydrogen (secondary N) is 1. The lowest BCUT2D eigenvalue weighted by Gasteiger charge is -2.18. The van der Waals surface area contributed by atoms with E-state index in [-0.39, 0.29) is 11.6 Å². The third-order valence-electron chi connectivity index (χ3n) is 2.56. The van der Waals surface area contributed by atoms with Crippen molar-refractivity contribution in [2.75, 3.05) is 6.54 Å². The molecule has 0 saturated heterocycles. The summed E-state index contributed by atoms with van der Waals surface area (Å²) in [6.45, 7) is 4.35. The van der Waals surface area contributed by atoms with E-state index in [9.17, 15) is 13.6 Å². The number of hydrogen-bond acceptors (Lipinski definition) is 2. The van der Waals surface area contributed by atoms with Gasteiger partial charge in [0.25, 0.3) is 5.91 Å². The largest absolute Gasteiger partial charge is 0.348 e. The Labute approximate surface area is 105 Å². The first-order valence-electron chi connectivity index (χ1n) is 5.90. The normalized spacial score (nSPS) is 12.6. The van der Waals surface area contributed by atoms with Gasteiger partial charge in [0.1, 0.15) is 0 Å². The van der Waals surface area contributed by atoms with Crippen molar-refractivity contribution in [2.45, 2.75) is 26.3 Å². The summed E-state index contributed by atoms with van der Waals surface area (Å²) >= 11 is 0. The fraction of sp³-hybridized carbons (Fsp3) is 0.462. The van der Waals surface area contributed by atoms with Gasteiger partial charge in [-0.25, -0.2) is 8.78 Å². The third-order valence-corrected chi connectivity index (χ3v) is 2.56. The highest BCUT2D eigenvalue weighted by Gasteiger charge is 2.15. The molecule has 0 aliphatic rings. The van der Waals surface area contributed by atoms with Crippen molar-refractivity contribution >= 4 is 5.91 Å². The van der Waals surface area contributed by atoms with Crippen molar-refractivity contribution in [3.63, 3.8) is 0 Å². The number of amides is 1. The van der Waals surface area contributed by atoms with Gasteiger partial charge in [0.2, 0.25) is 0 Å². The van der Waals surface area contributed by atoms with Crippen molar-refractivity contribution in [1.82, 2.24) is 5.32 Å². The Morgan fingerprint density at radius 1 is 1.33 bits per heavy atom. The minimum Gasteiger partial charge on any atom is -0.348 e. The SMILES string of the molecule is CC(C)CC(CN)NC(=O)c1ccc(F)c(F)c1. The van der Waals surface area contributed by atoms with Gasteiger partial charge >= 0.3 is 0 Å². The van der Waals surface area contributed by atoms with Crippen LogP contribution in [0.5, 0.6) is 0 Å². The van der Waals surface area contributed by atoms with Crippen LogP contribution in [0, 0.1) is 17.6 Å². The molecule has 0 bridgehead atoms. The van der Waals surface area contributed by atoms with E-state index < -0.39 is 17.5 Å². The Morgan fingerprint density at radius 2 is 2.00 bits per heavy atom. The molecule has 100 valence electrons. The topological polar surface area (TPSA) is 55.1 Å². The first-order chi connectivity index (χ1) is 8.43. The van der Waals surface area contributed by atoms with Crippen molar-refractivity contribution in [3.05, 3.63) is 35.4 Å². The lowest BCUT2D eigenvalue weighted by Crippen LogP contribution is -2.41. The predicted molar refractivity (Wildman–Crippen MR) is 66.1 cm³/mol. The van der Waals surface area contributed by atoms with E-state index in [1.165, 1.54) is 6.07 Å². The number of nitrogens with two attached hydrogens (primary N) is 1. The van der Waals surface area contributed by atoms with Gasteiger partial charge in [-0.05, 0) is 30.5 Å². The van der Waals surface area contributed by atoms with Crippen LogP contribution in [0.2, 0.25) is 0 Å². The van der Waals surface area contributed by atoms with Crippen LogP contribution in [0.25, 0.3) is 0 Å². The molecule has 0 aromatic heterocycles. The summed E-state index contributed by atoms with van der Waals surface area (Å²) in [5.74, 6) is -2.05. The van der Waals surface area contributed by atoms with Gasteiger partial charge in [-0.3, -0.25) is 4.79 Å². The number of rotatable bonds is 5. The molecule has 3 N–H and O–H groups in total. The minimum absolute atomic E-state index is 0.0936. The molecular weight excluding hydrogens is 238 g/mol. The molecule has 0 fully saturated rings. The Morgan fingerprint density at radius 3 is 2.50 bits per heavy atom. The van der Waals surface area contributed by atoms with Crippen LogP contribution in [-0.2, 0) is 0 Å². The molecule has 1 amide bonds. The number of carbonyl (C=O) groups is 1. The van der Waals surface area contributed by atoms with Gasteiger partial charge in [-0.15, -0.1) is 0 Å². The van der Waals surface area contributed by atoms with Gasteiger partial charge in [-0.2, -0.15) is 0 Å². The van der Waals surface area contributed by atoms with Crippen LogP contribution in [0.3, 0.4) is 0 Å². The number of hydrogen-bond donors (Lipinski definition) is 2. The van der Waals surface area contributed by atoms with Crippen molar-refractivity contribution in [3.8, 4) is 0 Å². The zero-order valence-corrected chi connectivity index (χ0v) is 10.5. The smallest absolute Gasteiger partial charge is 0.251 e. The Kier molecular flexibility index (Phi) is 5.22. The van der Waals surface area contributed by atoms with E-state index in [4.69, 9.17) is 5.73 Å². The summed E-state index contributed by atoms with van der Waals surface area (Å²) in [6.07, 6.45) is 0.742. The second kappa shape index (κ2) is 6.44. The van der Waals surface area contributed by atoms with E-state index in [2.05, 4.69) is 5.32 Å². The fourth-order valence-corrected chi connectivity index (χ4v) is 1.69. The van der Waals surface area contributed by atoms with Gasteiger partial charge in [0.15, 0.2) is 11.6 Å². The number of carbonyl (C=O) groups excluding carboxylic acids is 1. The summed E-state index contributed by atoms with van der Waals surface area (Å²) in [7, 11) is 0. The summed E-state index contributed by atoms with van der Waals surface area (Å²) < 4.78 is 25.7. The maximum atomic E-state index is 13.0. The first-order valence-corrected chi connectivity index (χ1v) is 5.90. The van der Waals surface area contributed by atoms with E-state index in [1.54, 1.807) is 0 Å². The van der Waals surface area contributed by atoms with Gasteiger partial charge in [0.05, 0.1) is 0 Å². The van der Waals surface area contributed by atoms with Crippen LogP contribution in [0.15, 0.2) is 18.2 Å². The molecule has 0 spiro atoms. The standard InChI is InChI=1S/C13H18F2N2O/c1-8(2)5-10(7-16)17-13(18)9-3-4-11(14)12(15)6-9/h3-4,6,8,10H,5,7,16H2,1-2H3,(H,17,18). The Balaban J connectivity index is 2.71. The average Bonchev–Trinajstić information content (AvgIpc) is 2.31. The van der Waals surface area contributed by atoms with Crippen LogP contribution in [0.1, 0.15) is 30.6 Å². The predicted octanol–water partition coefficient (Wildman–Crippen LogP) is 2.07. The third kappa shape index (κ3) is 4.07. The summed E-state index contributed by atoms with van der Waals surface area (Å²) in [4.78, 5) is 11.8. The zero-order valence-electron chi connectivity index (χ0n) is 10.5. The molecule has 0 radical (unpaired) electrons. The maximum absolute atomic E-state index is 13.0. The second-order valence-electron chi connectivity index (χ2n) is 4.66. The molecule has 0 saturated carbocycles. The van der Waals surface area contributed by atoms with Crippen molar-refractivity contribution in [1.29, 1.82) is 0 Å².